The first-order valence-corrected chi connectivity index (χ1v) is 5.00. The van der Waals surface area contributed by atoms with Crippen LogP contribution in [-0.4, -0.2) is 11.5 Å². The Morgan fingerprint density at radius 2 is 2.00 bits per heavy atom. The van der Waals surface area contributed by atoms with Crippen LogP contribution >= 0.6 is 11.8 Å². The summed E-state index contributed by atoms with van der Waals surface area (Å²) in [6.07, 6.45) is 2.79. The largest absolute Gasteiger partial charge is 0.162 e. The second kappa shape index (κ2) is 6.47. The summed E-state index contributed by atoms with van der Waals surface area (Å²) in [6, 6.07) is 0. The fourth-order valence-corrected chi connectivity index (χ4v) is 1.40. The Hall–Kier alpha value is 0.350. The van der Waals surface area contributed by atoms with Crippen LogP contribution in [0.2, 0.25) is 0 Å². The van der Waals surface area contributed by atoms with Crippen molar-refractivity contribution in [3.05, 3.63) is 0 Å². The molecule has 0 aliphatic rings. The first kappa shape index (κ1) is 9.35. The van der Waals surface area contributed by atoms with E-state index >= 15 is 0 Å². The lowest BCUT2D eigenvalue weighted by Gasteiger charge is -2.01. The van der Waals surface area contributed by atoms with Crippen molar-refractivity contribution in [3.8, 4) is 0 Å². The molecule has 0 heterocycles. The van der Waals surface area contributed by atoms with Gasteiger partial charge in [-0.3, -0.25) is 0 Å². The van der Waals surface area contributed by atoms with Crippen LogP contribution in [0.4, 0.5) is 0 Å². The quantitative estimate of drug-likeness (QED) is 0.537. The van der Waals surface area contributed by atoms with Crippen molar-refractivity contribution in [1.82, 2.24) is 0 Å². The van der Waals surface area contributed by atoms with E-state index in [2.05, 4.69) is 32.5 Å². The summed E-state index contributed by atoms with van der Waals surface area (Å²) in [7, 11) is 0. The lowest BCUT2D eigenvalue weighted by atomic mass is 10.1. The smallest absolute Gasteiger partial charge is 0.00675 e. The number of hydrogen-bond donors (Lipinski definition) is 0. The van der Waals surface area contributed by atoms with Crippen LogP contribution in [0.25, 0.3) is 0 Å². The molecular formula is C8H18S. The zero-order valence-electron chi connectivity index (χ0n) is 6.81. The van der Waals surface area contributed by atoms with E-state index in [4.69, 9.17) is 0 Å². The molecule has 0 unspecified atom stereocenters. The molecule has 0 aliphatic heterocycles. The minimum Gasteiger partial charge on any atom is -0.162 e. The fourth-order valence-electron chi connectivity index (χ4n) is 0.738. The van der Waals surface area contributed by atoms with Crippen LogP contribution in [0.15, 0.2) is 0 Å². The van der Waals surface area contributed by atoms with Crippen LogP contribution in [0.3, 0.4) is 0 Å². The summed E-state index contributed by atoms with van der Waals surface area (Å²) in [5, 5.41) is 0. The lowest BCUT2D eigenvalue weighted by molar-refractivity contribution is 0.579. The van der Waals surface area contributed by atoms with Gasteiger partial charge < -0.3 is 0 Å². The third kappa shape index (κ3) is 8.35. The Labute approximate surface area is 63.4 Å². The van der Waals surface area contributed by atoms with Gasteiger partial charge in [0.15, 0.2) is 0 Å². The SMILES string of the molecule is CCSCCCC(C)C. The molecule has 0 bridgehead atoms. The minimum absolute atomic E-state index is 0.891. The third-order valence-electron chi connectivity index (χ3n) is 1.27. The van der Waals surface area contributed by atoms with E-state index in [1.807, 2.05) is 0 Å². The minimum atomic E-state index is 0.891. The van der Waals surface area contributed by atoms with Gasteiger partial charge in [0.1, 0.15) is 0 Å². The van der Waals surface area contributed by atoms with Gasteiger partial charge in [-0.1, -0.05) is 27.2 Å². The maximum Gasteiger partial charge on any atom is -0.00675 e. The van der Waals surface area contributed by atoms with Gasteiger partial charge in [0.2, 0.25) is 0 Å². The van der Waals surface area contributed by atoms with Crippen molar-refractivity contribution in [3.63, 3.8) is 0 Å². The third-order valence-corrected chi connectivity index (χ3v) is 2.26. The molecule has 0 fully saturated rings. The molecule has 9 heavy (non-hydrogen) atoms. The van der Waals surface area contributed by atoms with Gasteiger partial charge in [0.25, 0.3) is 0 Å². The Morgan fingerprint density at radius 3 is 2.44 bits per heavy atom. The van der Waals surface area contributed by atoms with Crippen molar-refractivity contribution in [1.29, 1.82) is 0 Å². The number of rotatable bonds is 5. The molecule has 0 aromatic carbocycles. The first-order valence-electron chi connectivity index (χ1n) is 3.85. The summed E-state index contributed by atoms with van der Waals surface area (Å²) in [4.78, 5) is 0. The Morgan fingerprint density at radius 1 is 1.33 bits per heavy atom. The molecule has 0 aromatic heterocycles. The lowest BCUT2D eigenvalue weighted by Crippen LogP contribution is -1.88. The molecule has 0 aliphatic carbocycles. The highest BCUT2D eigenvalue weighted by Gasteiger charge is 1.92. The van der Waals surface area contributed by atoms with Gasteiger partial charge in [-0.2, -0.15) is 11.8 Å². The molecule has 0 saturated carbocycles. The summed E-state index contributed by atoms with van der Waals surface area (Å²) in [6.45, 7) is 6.80. The van der Waals surface area contributed by atoms with Crippen molar-refractivity contribution >= 4 is 11.8 Å². The van der Waals surface area contributed by atoms with E-state index in [1.165, 1.54) is 24.3 Å². The zero-order valence-corrected chi connectivity index (χ0v) is 7.63. The van der Waals surface area contributed by atoms with Crippen molar-refractivity contribution < 1.29 is 0 Å². The van der Waals surface area contributed by atoms with Crippen LogP contribution < -0.4 is 0 Å². The molecule has 0 saturated heterocycles. The Balaban J connectivity index is 2.75. The van der Waals surface area contributed by atoms with E-state index in [0.29, 0.717) is 0 Å². The van der Waals surface area contributed by atoms with Gasteiger partial charge in [0.05, 0.1) is 0 Å². The summed E-state index contributed by atoms with van der Waals surface area (Å²) in [5.74, 6) is 3.52. The summed E-state index contributed by atoms with van der Waals surface area (Å²) >= 11 is 2.05. The van der Waals surface area contributed by atoms with E-state index in [1.54, 1.807) is 0 Å². The molecule has 0 atom stereocenters. The normalized spacial score (nSPS) is 10.7. The highest BCUT2D eigenvalue weighted by molar-refractivity contribution is 7.99. The average molecular weight is 146 g/mol. The maximum atomic E-state index is 2.29. The predicted octanol–water partition coefficient (Wildman–Crippen LogP) is 3.18. The van der Waals surface area contributed by atoms with E-state index in [9.17, 15) is 0 Å². The molecule has 0 N–H and O–H groups in total. The van der Waals surface area contributed by atoms with Crippen molar-refractivity contribution in [2.45, 2.75) is 33.6 Å². The molecule has 0 amide bonds. The molecule has 0 nitrogen and oxygen atoms in total. The van der Waals surface area contributed by atoms with E-state index in [0.717, 1.165) is 5.92 Å². The zero-order chi connectivity index (χ0) is 7.11. The molecule has 0 aromatic rings. The standard InChI is InChI=1S/C8H18S/c1-4-9-7-5-6-8(2)3/h8H,4-7H2,1-3H3. The highest BCUT2D eigenvalue weighted by atomic mass is 32.2. The second-order valence-electron chi connectivity index (χ2n) is 2.73. The van der Waals surface area contributed by atoms with Crippen molar-refractivity contribution in [2.24, 2.45) is 5.92 Å². The summed E-state index contributed by atoms with van der Waals surface area (Å²) in [5.41, 5.74) is 0. The molecule has 1 heteroatoms. The van der Waals surface area contributed by atoms with Gasteiger partial charge in [-0.25, -0.2) is 0 Å². The van der Waals surface area contributed by atoms with Crippen LogP contribution in [0.1, 0.15) is 33.6 Å². The van der Waals surface area contributed by atoms with E-state index < -0.39 is 0 Å². The fraction of sp³-hybridized carbons (Fsp3) is 1.00. The average Bonchev–Trinajstić information content (AvgIpc) is 1.80. The molecule has 0 rings (SSSR count). The molecule has 0 radical (unpaired) electrons. The maximum absolute atomic E-state index is 2.29. The van der Waals surface area contributed by atoms with Crippen molar-refractivity contribution in [2.75, 3.05) is 11.5 Å². The van der Waals surface area contributed by atoms with Gasteiger partial charge in [-0.05, 0) is 23.8 Å². The molecule has 56 valence electrons. The summed E-state index contributed by atoms with van der Waals surface area (Å²) < 4.78 is 0. The topological polar surface area (TPSA) is 0 Å². The van der Waals surface area contributed by atoms with Crippen LogP contribution in [-0.2, 0) is 0 Å². The molecule has 0 spiro atoms. The predicted molar refractivity (Wildman–Crippen MR) is 47.1 cm³/mol. The van der Waals surface area contributed by atoms with Gasteiger partial charge in [-0.15, -0.1) is 0 Å². The monoisotopic (exact) mass is 146 g/mol. The van der Waals surface area contributed by atoms with E-state index in [-0.39, 0.29) is 0 Å². The Kier molecular flexibility index (Phi) is 6.72. The molecular weight excluding hydrogens is 128 g/mol. The van der Waals surface area contributed by atoms with Crippen LogP contribution in [0, 0.1) is 5.92 Å². The first-order chi connectivity index (χ1) is 4.27. The number of hydrogen-bond acceptors (Lipinski definition) is 1. The van der Waals surface area contributed by atoms with Crippen LogP contribution in [0.5, 0.6) is 0 Å². The van der Waals surface area contributed by atoms with Gasteiger partial charge >= 0.3 is 0 Å². The highest BCUT2D eigenvalue weighted by Crippen LogP contribution is 2.08. The van der Waals surface area contributed by atoms with Gasteiger partial charge in [0, 0.05) is 0 Å². The Bertz CT molecular complexity index is 50.5. The second-order valence-corrected chi connectivity index (χ2v) is 4.13. The number of thioether (sulfide) groups is 1.